The molecule has 1 heterocycles. The lowest BCUT2D eigenvalue weighted by Gasteiger charge is -2.11. The lowest BCUT2D eigenvalue weighted by Crippen LogP contribution is -2.22. The summed E-state index contributed by atoms with van der Waals surface area (Å²) in [6.07, 6.45) is 0.259. The van der Waals surface area contributed by atoms with Crippen LogP contribution >= 0.6 is 34.7 Å². The topological polar surface area (TPSA) is 89.6 Å². The lowest BCUT2D eigenvalue weighted by atomic mass is 10.1. The first-order valence-electron chi connectivity index (χ1n) is 11.6. The fourth-order valence-electron chi connectivity index (χ4n) is 3.53. The van der Waals surface area contributed by atoms with E-state index in [1.54, 1.807) is 26.4 Å². The molecule has 4 rings (SSSR count). The van der Waals surface area contributed by atoms with Crippen LogP contribution in [-0.2, 0) is 16.0 Å². The molecule has 0 aliphatic heterocycles. The number of benzene rings is 3. The van der Waals surface area contributed by atoms with Gasteiger partial charge in [-0.25, -0.2) is 4.98 Å². The molecule has 38 heavy (non-hydrogen) atoms. The predicted octanol–water partition coefficient (Wildman–Crippen LogP) is 6.78. The molecule has 4 aromatic rings. The van der Waals surface area contributed by atoms with Gasteiger partial charge >= 0.3 is 0 Å². The van der Waals surface area contributed by atoms with Gasteiger partial charge in [0.25, 0.3) is 0 Å². The Bertz CT molecular complexity index is 1410. The summed E-state index contributed by atoms with van der Waals surface area (Å²) in [6.45, 7) is 1.84. The van der Waals surface area contributed by atoms with Crippen LogP contribution in [0.25, 0.3) is 11.3 Å². The predicted molar refractivity (Wildman–Crippen MR) is 155 cm³/mol. The molecule has 196 valence electrons. The van der Waals surface area contributed by atoms with Crippen molar-refractivity contribution in [3.63, 3.8) is 0 Å². The van der Waals surface area contributed by atoms with E-state index in [1.807, 2.05) is 66.9 Å². The highest BCUT2D eigenvalue weighted by Crippen LogP contribution is 2.34. The molecule has 2 amide bonds. The molecule has 0 aliphatic rings. The van der Waals surface area contributed by atoms with Crippen LogP contribution < -0.4 is 20.1 Å². The Labute approximate surface area is 234 Å². The molecule has 7 nitrogen and oxygen atoms in total. The Morgan fingerprint density at radius 1 is 0.974 bits per heavy atom. The number of ether oxygens (including phenoxy) is 2. The van der Waals surface area contributed by atoms with E-state index in [4.69, 9.17) is 21.1 Å². The number of aromatic nitrogens is 1. The molecule has 2 N–H and O–H groups in total. The quantitative estimate of drug-likeness (QED) is 0.205. The summed E-state index contributed by atoms with van der Waals surface area (Å²) in [6, 6.07) is 20.2. The van der Waals surface area contributed by atoms with E-state index in [0.29, 0.717) is 27.3 Å². The Kier molecular flexibility index (Phi) is 9.28. The Morgan fingerprint density at radius 2 is 1.68 bits per heavy atom. The van der Waals surface area contributed by atoms with E-state index in [9.17, 15) is 9.59 Å². The maximum Gasteiger partial charge on any atom is 0.239 e. The summed E-state index contributed by atoms with van der Waals surface area (Å²) in [4.78, 5) is 30.6. The molecule has 0 spiro atoms. The first-order valence-corrected chi connectivity index (χ1v) is 13.8. The minimum Gasteiger partial charge on any atom is -0.493 e. The second-order valence-electron chi connectivity index (χ2n) is 8.23. The first kappa shape index (κ1) is 27.5. The van der Waals surface area contributed by atoms with Gasteiger partial charge in [0.15, 0.2) is 16.6 Å². The van der Waals surface area contributed by atoms with Gasteiger partial charge < -0.3 is 20.1 Å². The molecule has 1 atom stereocenters. The molecule has 1 unspecified atom stereocenters. The molecule has 0 radical (unpaired) electrons. The fraction of sp³-hybridized carbons (Fsp3) is 0.179. The summed E-state index contributed by atoms with van der Waals surface area (Å²) < 4.78 is 10.6. The van der Waals surface area contributed by atoms with Crippen molar-refractivity contribution in [3.05, 3.63) is 82.7 Å². The van der Waals surface area contributed by atoms with Crippen molar-refractivity contribution in [2.45, 2.75) is 23.5 Å². The van der Waals surface area contributed by atoms with Crippen LogP contribution in [0.1, 0.15) is 12.5 Å². The number of carbonyl (C=O) groups excluding carboxylic acids is 2. The number of methoxy groups -OCH3 is 2. The molecule has 1 aromatic heterocycles. The van der Waals surface area contributed by atoms with Crippen molar-refractivity contribution in [1.82, 2.24) is 4.98 Å². The molecule has 3 aromatic carbocycles. The summed E-state index contributed by atoms with van der Waals surface area (Å²) >= 11 is 8.67. The number of thiazole rings is 1. The van der Waals surface area contributed by atoms with Crippen LogP contribution in [0, 0.1) is 0 Å². The van der Waals surface area contributed by atoms with Crippen LogP contribution in [-0.4, -0.2) is 36.3 Å². The third kappa shape index (κ3) is 7.28. The first-order chi connectivity index (χ1) is 18.3. The summed E-state index contributed by atoms with van der Waals surface area (Å²) in [5, 5.41) is 8.47. The van der Waals surface area contributed by atoms with Crippen molar-refractivity contribution in [2.75, 3.05) is 24.9 Å². The van der Waals surface area contributed by atoms with Gasteiger partial charge in [0.05, 0.1) is 31.6 Å². The Balaban J connectivity index is 1.30. The third-order valence-corrected chi connectivity index (χ3v) is 7.63. The van der Waals surface area contributed by atoms with Crippen LogP contribution in [0.15, 0.2) is 77.0 Å². The zero-order valence-electron chi connectivity index (χ0n) is 21.0. The Hall–Kier alpha value is -3.53. The van der Waals surface area contributed by atoms with Crippen LogP contribution in [0.5, 0.6) is 11.5 Å². The lowest BCUT2D eigenvalue weighted by molar-refractivity contribution is -0.116. The van der Waals surface area contributed by atoms with E-state index in [0.717, 1.165) is 21.7 Å². The third-order valence-electron chi connectivity index (χ3n) is 5.51. The summed E-state index contributed by atoms with van der Waals surface area (Å²) in [5.41, 5.74) is 3.17. The van der Waals surface area contributed by atoms with Gasteiger partial charge in [0.2, 0.25) is 11.8 Å². The maximum atomic E-state index is 12.8. The minimum atomic E-state index is -0.353. The molecule has 10 heteroatoms. The van der Waals surface area contributed by atoms with Crippen molar-refractivity contribution in [2.24, 2.45) is 0 Å². The number of halogens is 1. The molecule has 0 saturated carbocycles. The number of rotatable bonds is 10. The van der Waals surface area contributed by atoms with E-state index in [2.05, 4.69) is 15.6 Å². The SMILES string of the molecule is COc1ccc(-c2csc(NC(=O)C(C)Sc3ccc(NC(=O)Cc4ccc(Cl)cc4)cc3)n2)cc1OC. The molecular formula is C28H26ClN3O4S2. The zero-order chi connectivity index (χ0) is 27.1. The summed E-state index contributed by atoms with van der Waals surface area (Å²) in [7, 11) is 3.17. The van der Waals surface area contributed by atoms with Crippen molar-refractivity contribution >= 4 is 57.3 Å². The van der Waals surface area contributed by atoms with E-state index in [1.165, 1.54) is 23.1 Å². The number of nitrogens with zero attached hydrogens (tertiary/aromatic N) is 1. The highest BCUT2D eigenvalue weighted by molar-refractivity contribution is 8.00. The highest BCUT2D eigenvalue weighted by atomic mass is 35.5. The molecular weight excluding hydrogens is 542 g/mol. The number of hydrogen-bond acceptors (Lipinski definition) is 7. The second-order valence-corrected chi connectivity index (χ2v) is 10.9. The zero-order valence-corrected chi connectivity index (χ0v) is 23.4. The molecule has 0 saturated heterocycles. The largest absolute Gasteiger partial charge is 0.493 e. The molecule has 0 bridgehead atoms. The van der Waals surface area contributed by atoms with Gasteiger partial charge in [-0.2, -0.15) is 0 Å². The fourth-order valence-corrected chi connectivity index (χ4v) is 5.25. The van der Waals surface area contributed by atoms with Crippen molar-refractivity contribution in [1.29, 1.82) is 0 Å². The normalized spacial score (nSPS) is 11.5. The molecule has 0 fully saturated rings. The van der Waals surface area contributed by atoms with Gasteiger partial charge in [0, 0.05) is 26.5 Å². The Morgan fingerprint density at radius 3 is 2.37 bits per heavy atom. The maximum absolute atomic E-state index is 12.8. The van der Waals surface area contributed by atoms with Gasteiger partial charge in [0.1, 0.15) is 0 Å². The number of hydrogen-bond donors (Lipinski definition) is 2. The minimum absolute atomic E-state index is 0.114. The average Bonchev–Trinajstić information content (AvgIpc) is 3.39. The number of nitrogens with one attached hydrogen (secondary N) is 2. The number of thioether (sulfide) groups is 1. The number of amides is 2. The van der Waals surface area contributed by atoms with Crippen LogP contribution in [0.4, 0.5) is 10.8 Å². The van der Waals surface area contributed by atoms with Gasteiger partial charge in [-0.15, -0.1) is 23.1 Å². The summed E-state index contributed by atoms with van der Waals surface area (Å²) in [5.74, 6) is 0.986. The van der Waals surface area contributed by atoms with Crippen molar-refractivity contribution in [3.8, 4) is 22.8 Å². The van der Waals surface area contributed by atoms with E-state index >= 15 is 0 Å². The van der Waals surface area contributed by atoms with Crippen molar-refractivity contribution < 1.29 is 19.1 Å². The van der Waals surface area contributed by atoms with Crippen LogP contribution in [0.2, 0.25) is 5.02 Å². The monoisotopic (exact) mass is 567 g/mol. The molecule has 0 aliphatic carbocycles. The second kappa shape index (κ2) is 12.8. The van der Waals surface area contributed by atoms with Gasteiger partial charge in [-0.05, 0) is 67.1 Å². The van der Waals surface area contributed by atoms with Crippen LogP contribution in [0.3, 0.4) is 0 Å². The van der Waals surface area contributed by atoms with E-state index in [-0.39, 0.29) is 23.5 Å². The average molecular weight is 568 g/mol. The van der Waals surface area contributed by atoms with E-state index < -0.39 is 0 Å². The smallest absolute Gasteiger partial charge is 0.239 e. The highest BCUT2D eigenvalue weighted by Gasteiger charge is 2.17. The van der Waals surface area contributed by atoms with Gasteiger partial charge in [-0.1, -0.05) is 23.7 Å². The number of anilines is 2. The van der Waals surface area contributed by atoms with Gasteiger partial charge in [-0.3, -0.25) is 9.59 Å². The number of carbonyl (C=O) groups is 2. The standard InChI is InChI=1S/C28H26ClN3O4S2/c1-17(27(34)32-28-31-23(16-37-28)19-6-13-24(35-2)25(15-19)36-3)38-22-11-9-21(10-12-22)30-26(33)14-18-4-7-20(29)8-5-18/h4-13,15-17H,14H2,1-3H3,(H,30,33)(H,31,32,34).